The smallest absolute Gasteiger partial charge is 0.416 e. The summed E-state index contributed by atoms with van der Waals surface area (Å²) in [6.45, 7) is -0.731. The second-order valence-electron chi connectivity index (χ2n) is 4.73. The molecule has 0 aliphatic heterocycles. The Morgan fingerprint density at radius 3 is 2.56 bits per heavy atom. The summed E-state index contributed by atoms with van der Waals surface area (Å²) in [6.07, 6.45) is -4.60. The molecular formula is C15H11F3N2O4S. The molecule has 0 saturated carbocycles. The summed E-state index contributed by atoms with van der Waals surface area (Å²) in [6, 6.07) is 5.05. The van der Waals surface area contributed by atoms with Crippen LogP contribution in [0.2, 0.25) is 0 Å². The summed E-state index contributed by atoms with van der Waals surface area (Å²) in [5.74, 6) is -2.58. The lowest BCUT2D eigenvalue weighted by Crippen LogP contribution is -2.22. The van der Waals surface area contributed by atoms with E-state index >= 15 is 0 Å². The number of esters is 1. The molecule has 1 aromatic heterocycles. The summed E-state index contributed by atoms with van der Waals surface area (Å²) >= 11 is 1.04. The minimum Gasteiger partial charge on any atom is -0.452 e. The number of carbonyl (C=O) groups is 3. The first kappa shape index (κ1) is 18.5. The number of alkyl halides is 3. The topological polar surface area (TPSA) is 98.5 Å². The Bertz CT molecular complexity index is 817. The molecule has 0 fully saturated rings. The molecular weight excluding hydrogens is 361 g/mol. The maximum atomic E-state index is 12.6. The number of carbonyl (C=O) groups excluding carboxylic acids is 3. The normalized spacial score (nSPS) is 11.0. The van der Waals surface area contributed by atoms with Gasteiger partial charge in [0.05, 0.1) is 16.7 Å². The van der Waals surface area contributed by atoms with Crippen LogP contribution in [-0.2, 0) is 15.7 Å². The number of ether oxygens (including phenoxy) is 1. The van der Waals surface area contributed by atoms with E-state index in [9.17, 15) is 27.6 Å². The van der Waals surface area contributed by atoms with E-state index in [0.29, 0.717) is 6.07 Å². The molecule has 0 saturated heterocycles. The van der Waals surface area contributed by atoms with E-state index in [1.54, 1.807) is 0 Å². The summed E-state index contributed by atoms with van der Waals surface area (Å²) in [5, 5.41) is 4.06. The zero-order valence-corrected chi connectivity index (χ0v) is 13.2. The molecule has 132 valence electrons. The number of halogens is 3. The van der Waals surface area contributed by atoms with E-state index in [1.165, 1.54) is 11.4 Å². The quantitative estimate of drug-likeness (QED) is 0.789. The highest BCUT2D eigenvalue weighted by Gasteiger charge is 2.31. The Labute approximate surface area is 143 Å². The van der Waals surface area contributed by atoms with Crippen LogP contribution in [0.15, 0.2) is 35.7 Å². The standard InChI is InChI=1S/C15H11F3N2O4S/c16-15(17,18)9-3-1-2-8(6-9)14(23)24-7-11(21)20-13-10(12(19)22)4-5-25-13/h1-6H,7H2,(H2,19,22)(H,20,21). The van der Waals surface area contributed by atoms with Crippen molar-refractivity contribution >= 4 is 34.1 Å². The summed E-state index contributed by atoms with van der Waals surface area (Å²) in [4.78, 5) is 34.6. The zero-order chi connectivity index (χ0) is 18.6. The van der Waals surface area contributed by atoms with Gasteiger partial charge in [-0.25, -0.2) is 4.79 Å². The number of anilines is 1. The van der Waals surface area contributed by atoms with Gasteiger partial charge in [0.25, 0.3) is 11.8 Å². The van der Waals surface area contributed by atoms with Gasteiger partial charge < -0.3 is 15.8 Å². The third-order valence-electron chi connectivity index (χ3n) is 2.94. The predicted molar refractivity (Wildman–Crippen MR) is 83.2 cm³/mol. The van der Waals surface area contributed by atoms with Gasteiger partial charge in [-0.05, 0) is 29.6 Å². The molecule has 6 nitrogen and oxygen atoms in total. The second kappa shape index (κ2) is 7.34. The van der Waals surface area contributed by atoms with Crippen molar-refractivity contribution in [3.05, 3.63) is 52.4 Å². The first-order valence-electron chi connectivity index (χ1n) is 6.70. The van der Waals surface area contributed by atoms with Crippen LogP contribution in [0.5, 0.6) is 0 Å². The Morgan fingerprint density at radius 1 is 1.20 bits per heavy atom. The zero-order valence-electron chi connectivity index (χ0n) is 12.4. The SMILES string of the molecule is NC(=O)c1ccsc1NC(=O)COC(=O)c1cccc(C(F)(F)F)c1. The fourth-order valence-electron chi connectivity index (χ4n) is 1.80. The van der Waals surface area contributed by atoms with Crippen molar-refractivity contribution in [2.45, 2.75) is 6.18 Å². The molecule has 0 radical (unpaired) electrons. The second-order valence-corrected chi connectivity index (χ2v) is 5.65. The van der Waals surface area contributed by atoms with Gasteiger partial charge in [-0.2, -0.15) is 13.2 Å². The molecule has 25 heavy (non-hydrogen) atoms. The first-order valence-corrected chi connectivity index (χ1v) is 7.58. The molecule has 1 heterocycles. The molecule has 0 aliphatic rings. The van der Waals surface area contributed by atoms with E-state index in [2.05, 4.69) is 10.1 Å². The number of benzene rings is 1. The lowest BCUT2D eigenvalue weighted by molar-refractivity contribution is -0.137. The highest BCUT2D eigenvalue weighted by Crippen LogP contribution is 2.29. The lowest BCUT2D eigenvalue weighted by Gasteiger charge is -2.09. The average Bonchev–Trinajstić information content (AvgIpc) is 3.00. The Morgan fingerprint density at radius 2 is 1.92 bits per heavy atom. The van der Waals surface area contributed by atoms with Crippen molar-refractivity contribution in [2.24, 2.45) is 5.73 Å². The maximum absolute atomic E-state index is 12.6. The van der Waals surface area contributed by atoms with Gasteiger partial charge in [0, 0.05) is 0 Å². The van der Waals surface area contributed by atoms with Crippen LogP contribution >= 0.6 is 11.3 Å². The van der Waals surface area contributed by atoms with Gasteiger partial charge in [0.2, 0.25) is 0 Å². The highest BCUT2D eigenvalue weighted by molar-refractivity contribution is 7.14. The summed E-state index contributed by atoms with van der Waals surface area (Å²) in [5.41, 5.74) is 3.88. The van der Waals surface area contributed by atoms with E-state index < -0.39 is 36.1 Å². The van der Waals surface area contributed by atoms with E-state index in [4.69, 9.17) is 5.73 Å². The first-order chi connectivity index (χ1) is 11.7. The monoisotopic (exact) mass is 372 g/mol. The fraction of sp³-hybridized carbons (Fsp3) is 0.133. The molecule has 0 unspecified atom stereocenters. The predicted octanol–water partition coefficient (Wildman–Crippen LogP) is 2.66. The Hall–Kier alpha value is -2.88. The molecule has 2 rings (SSSR count). The maximum Gasteiger partial charge on any atom is 0.416 e. The van der Waals surface area contributed by atoms with Crippen LogP contribution < -0.4 is 11.1 Å². The van der Waals surface area contributed by atoms with Gasteiger partial charge in [-0.15, -0.1) is 11.3 Å². The summed E-state index contributed by atoms with van der Waals surface area (Å²) in [7, 11) is 0. The van der Waals surface area contributed by atoms with Crippen molar-refractivity contribution in [3.63, 3.8) is 0 Å². The number of nitrogens with two attached hydrogens (primary N) is 1. The van der Waals surface area contributed by atoms with Crippen molar-refractivity contribution in [1.29, 1.82) is 0 Å². The van der Waals surface area contributed by atoms with Crippen molar-refractivity contribution in [1.82, 2.24) is 0 Å². The van der Waals surface area contributed by atoms with E-state index in [-0.39, 0.29) is 16.1 Å². The van der Waals surface area contributed by atoms with Crippen LogP contribution in [0.4, 0.5) is 18.2 Å². The third kappa shape index (κ3) is 4.80. The van der Waals surface area contributed by atoms with E-state index in [0.717, 1.165) is 29.5 Å². The number of nitrogens with one attached hydrogen (secondary N) is 1. The molecule has 10 heteroatoms. The largest absolute Gasteiger partial charge is 0.452 e. The van der Waals surface area contributed by atoms with Crippen molar-refractivity contribution in [2.75, 3.05) is 11.9 Å². The minimum atomic E-state index is -4.60. The number of thiophene rings is 1. The number of hydrogen-bond acceptors (Lipinski definition) is 5. The van der Waals surface area contributed by atoms with Crippen LogP contribution in [0, 0.1) is 0 Å². The lowest BCUT2D eigenvalue weighted by atomic mass is 10.1. The van der Waals surface area contributed by atoms with E-state index in [1.807, 2.05) is 0 Å². The van der Waals surface area contributed by atoms with Crippen LogP contribution in [0.3, 0.4) is 0 Å². The van der Waals surface area contributed by atoms with Gasteiger partial charge in [0.15, 0.2) is 6.61 Å². The van der Waals surface area contributed by atoms with Gasteiger partial charge >= 0.3 is 12.1 Å². The number of rotatable bonds is 5. The number of amides is 2. The Kier molecular flexibility index (Phi) is 5.42. The van der Waals surface area contributed by atoms with Crippen LogP contribution in [-0.4, -0.2) is 24.4 Å². The fourth-order valence-corrected chi connectivity index (χ4v) is 2.61. The minimum absolute atomic E-state index is 0.0996. The molecule has 1 aromatic carbocycles. The molecule has 0 bridgehead atoms. The van der Waals surface area contributed by atoms with Crippen LogP contribution in [0.1, 0.15) is 26.3 Å². The van der Waals surface area contributed by atoms with Gasteiger partial charge in [0.1, 0.15) is 5.00 Å². The molecule has 2 aromatic rings. The highest BCUT2D eigenvalue weighted by atomic mass is 32.1. The molecule has 0 atom stereocenters. The van der Waals surface area contributed by atoms with Crippen molar-refractivity contribution in [3.8, 4) is 0 Å². The molecule has 0 spiro atoms. The molecule has 0 aliphatic carbocycles. The van der Waals surface area contributed by atoms with Crippen molar-refractivity contribution < 1.29 is 32.3 Å². The Balaban J connectivity index is 1.97. The molecule has 2 amide bonds. The van der Waals surface area contributed by atoms with Crippen LogP contribution in [0.25, 0.3) is 0 Å². The third-order valence-corrected chi connectivity index (χ3v) is 3.77. The number of hydrogen-bond donors (Lipinski definition) is 2. The van der Waals surface area contributed by atoms with Gasteiger partial charge in [-0.3, -0.25) is 9.59 Å². The van der Waals surface area contributed by atoms with Gasteiger partial charge in [-0.1, -0.05) is 6.07 Å². The average molecular weight is 372 g/mol. The summed E-state index contributed by atoms with van der Waals surface area (Å²) < 4.78 is 42.5. The molecule has 3 N–H and O–H groups in total. The number of primary amides is 1.